The summed E-state index contributed by atoms with van der Waals surface area (Å²) in [6.07, 6.45) is 5.25. The van der Waals surface area contributed by atoms with Crippen molar-refractivity contribution in [2.75, 3.05) is 17.2 Å². The SMILES string of the molecule is CCCn1ccnc(N2CCc3c(N)cccc3C2)c1=O. The molecule has 110 valence electrons. The second-order valence-corrected chi connectivity index (χ2v) is 5.41. The molecule has 0 bridgehead atoms. The van der Waals surface area contributed by atoms with E-state index in [-0.39, 0.29) is 5.56 Å². The summed E-state index contributed by atoms with van der Waals surface area (Å²) in [6, 6.07) is 5.97. The van der Waals surface area contributed by atoms with Crippen molar-refractivity contribution in [3.8, 4) is 0 Å². The van der Waals surface area contributed by atoms with Crippen molar-refractivity contribution in [3.05, 3.63) is 52.1 Å². The van der Waals surface area contributed by atoms with E-state index in [0.717, 1.165) is 31.6 Å². The maximum Gasteiger partial charge on any atom is 0.293 e. The lowest BCUT2D eigenvalue weighted by molar-refractivity contribution is 0.634. The Balaban J connectivity index is 1.93. The maximum atomic E-state index is 12.5. The number of aromatic nitrogens is 2. The summed E-state index contributed by atoms with van der Waals surface area (Å²) < 4.78 is 1.73. The molecule has 21 heavy (non-hydrogen) atoms. The molecule has 1 aromatic carbocycles. The Morgan fingerprint density at radius 3 is 3.05 bits per heavy atom. The Hall–Kier alpha value is -2.30. The molecule has 0 atom stereocenters. The molecule has 0 fully saturated rings. The number of benzene rings is 1. The molecule has 1 aliphatic rings. The highest BCUT2D eigenvalue weighted by molar-refractivity contribution is 5.54. The third-order valence-electron chi connectivity index (χ3n) is 3.96. The third-order valence-corrected chi connectivity index (χ3v) is 3.96. The van der Waals surface area contributed by atoms with Gasteiger partial charge in [0.25, 0.3) is 5.56 Å². The monoisotopic (exact) mass is 284 g/mol. The van der Waals surface area contributed by atoms with Gasteiger partial charge in [-0.2, -0.15) is 0 Å². The molecule has 0 unspecified atom stereocenters. The van der Waals surface area contributed by atoms with Crippen LogP contribution in [0.3, 0.4) is 0 Å². The second kappa shape index (κ2) is 5.60. The highest BCUT2D eigenvalue weighted by Gasteiger charge is 2.21. The molecule has 1 aromatic heterocycles. The fourth-order valence-electron chi connectivity index (χ4n) is 2.89. The van der Waals surface area contributed by atoms with Crippen LogP contribution in [-0.4, -0.2) is 16.1 Å². The van der Waals surface area contributed by atoms with Gasteiger partial charge in [0, 0.05) is 37.7 Å². The van der Waals surface area contributed by atoms with E-state index in [1.165, 1.54) is 11.1 Å². The highest BCUT2D eigenvalue weighted by Crippen LogP contribution is 2.25. The van der Waals surface area contributed by atoms with E-state index in [1.807, 2.05) is 12.1 Å². The molecule has 1 aliphatic heterocycles. The van der Waals surface area contributed by atoms with Crippen molar-refractivity contribution >= 4 is 11.5 Å². The van der Waals surface area contributed by atoms with Gasteiger partial charge in [-0.1, -0.05) is 19.1 Å². The van der Waals surface area contributed by atoms with Crippen molar-refractivity contribution in [2.45, 2.75) is 32.9 Å². The van der Waals surface area contributed by atoms with Gasteiger partial charge >= 0.3 is 0 Å². The second-order valence-electron chi connectivity index (χ2n) is 5.41. The quantitative estimate of drug-likeness (QED) is 0.873. The van der Waals surface area contributed by atoms with Gasteiger partial charge in [0.05, 0.1) is 0 Å². The number of fused-ring (bicyclic) bond motifs is 1. The van der Waals surface area contributed by atoms with E-state index in [4.69, 9.17) is 5.73 Å². The number of anilines is 2. The van der Waals surface area contributed by atoms with E-state index in [9.17, 15) is 4.79 Å². The van der Waals surface area contributed by atoms with Crippen LogP contribution in [0.2, 0.25) is 0 Å². The first-order valence-electron chi connectivity index (χ1n) is 7.37. The lowest BCUT2D eigenvalue weighted by atomic mass is 9.98. The van der Waals surface area contributed by atoms with Gasteiger partial charge in [0.1, 0.15) is 0 Å². The molecule has 0 spiro atoms. The van der Waals surface area contributed by atoms with Crippen LogP contribution in [0.25, 0.3) is 0 Å². The van der Waals surface area contributed by atoms with Crippen LogP contribution in [0.15, 0.2) is 35.4 Å². The molecule has 0 saturated carbocycles. The van der Waals surface area contributed by atoms with E-state index >= 15 is 0 Å². The van der Waals surface area contributed by atoms with Crippen LogP contribution in [0.4, 0.5) is 11.5 Å². The molecule has 0 amide bonds. The van der Waals surface area contributed by atoms with Crippen molar-refractivity contribution in [1.82, 2.24) is 9.55 Å². The molecule has 5 nitrogen and oxygen atoms in total. The molecule has 3 rings (SSSR count). The fraction of sp³-hybridized carbons (Fsp3) is 0.375. The van der Waals surface area contributed by atoms with Crippen molar-refractivity contribution < 1.29 is 0 Å². The molecule has 0 radical (unpaired) electrons. The summed E-state index contributed by atoms with van der Waals surface area (Å²) in [5.74, 6) is 0.541. The summed E-state index contributed by atoms with van der Waals surface area (Å²) in [5.41, 5.74) is 9.25. The Labute approximate surface area is 124 Å². The van der Waals surface area contributed by atoms with Crippen molar-refractivity contribution in [3.63, 3.8) is 0 Å². The lowest BCUT2D eigenvalue weighted by Gasteiger charge is -2.30. The Kier molecular flexibility index (Phi) is 3.64. The molecule has 2 heterocycles. The van der Waals surface area contributed by atoms with Gasteiger partial charge in [-0.05, 0) is 30.0 Å². The molecule has 2 N–H and O–H groups in total. The van der Waals surface area contributed by atoms with Gasteiger partial charge < -0.3 is 15.2 Å². The van der Waals surface area contributed by atoms with Crippen LogP contribution in [0, 0.1) is 0 Å². The zero-order valence-corrected chi connectivity index (χ0v) is 12.2. The summed E-state index contributed by atoms with van der Waals surface area (Å²) in [5, 5.41) is 0. The summed E-state index contributed by atoms with van der Waals surface area (Å²) in [4.78, 5) is 18.8. The molecule has 5 heteroatoms. The van der Waals surface area contributed by atoms with Crippen molar-refractivity contribution in [2.24, 2.45) is 0 Å². The van der Waals surface area contributed by atoms with Gasteiger partial charge in [0.2, 0.25) is 0 Å². The average Bonchev–Trinajstić information content (AvgIpc) is 2.49. The minimum absolute atomic E-state index is 0.00768. The van der Waals surface area contributed by atoms with E-state index in [0.29, 0.717) is 12.4 Å². The average molecular weight is 284 g/mol. The summed E-state index contributed by atoms with van der Waals surface area (Å²) in [7, 11) is 0. The fourth-order valence-corrected chi connectivity index (χ4v) is 2.89. The first-order chi connectivity index (χ1) is 10.2. The van der Waals surface area contributed by atoms with E-state index < -0.39 is 0 Å². The first-order valence-corrected chi connectivity index (χ1v) is 7.37. The highest BCUT2D eigenvalue weighted by atomic mass is 16.1. The zero-order chi connectivity index (χ0) is 14.8. The molecular weight excluding hydrogens is 264 g/mol. The predicted octanol–water partition coefficient (Wildman–Crippen LogP) is 1.80. The van der Waals surface area contributed by atoms with Crippen LogP contribution < -0.4 is 16.2 Å². The van der Waals surface area contributed by atoms with Crippen LogP contribution in [0.1, 0.15) is 24.5 Å². The number of nitrogens with zero attached hydrogens (tertiary/aromatic N) is 3. The van der Waals surface area contributed by atoms with Gasteiger partial charge in [0.15, 0.2) is 5.82 Å². The molecule has 2 aromatic rings. The maximum absolute atomic E-state index is 12.5. The molecule has 0 aliphatic carbocycles. The van der Waals surface area contributed by atoms with Crippen molar-refractivity contribution in [1.29, 1.82) is 0 Å². The number of nitrogen functional groups attached to an aromatic ring is 1. The number of aryl methyl sites for hydroxylation is 1. The number of rotatable bonds is 3. The summed E-state index contributed by atoms with van der Waals surface area (Å²) >= 11 is 0. The van der Waals surface area contributed by atoms with Crippen LogP contribution >= 0.6 is 0 Å². The Bertz CT molecular complexity index is 708. The van der Waals surface area contributed by atoms with Gasteiger partial charge in [-0.25, -0.2) is 4.98 Å². The Morgan fingerprint density at radius 1 is 1.38 bits per heavy atom. The topological polar surface area (TPSA) is 64.2 Å². The zero-order valence-electron chi connectivity index (χ0n) is 12.2. The lowest BCUT2D eigenvalue weighted by Crippen LogP contribution is -2.37. The predicted molar refractivity (Wildman–Crippen MR) is 84.4 cm³/mol. The summed E-state index contributed by atoms with van der Waals surface area (Å²) in [6.45, 7) is 4.26. The number of nitrogens with two attached hydrogens (primary N) is 1. The molecular formula is C16H20N4O. The standard InChI is InChI=1S/C16H20N4O/c1-2-8-19-10-7-18-15(16(19)21)20-9-6-13-12(11-20)4-3-5-14(13)17/h3-5,7,10H,2,6,8-9,11,17H2,1H3. The normalized spacial score (nSPS) is 14.0. The van der Waals surface area contributed by atoms with E-state index in [2.05, 4.69) is 22.9 Å². The number of hydrogen-bond donors (Lipinski definition) is 1. The first kappa shape index (κ1) is 13.7. The van der Waals surface area contributed by atoms with E-state index in [1.54, 1.807) is 17.0 Å². The molecule has 0 saturated heterocycles. The van der Waals surface area contributed by atoms with Gasteiger partial charge in [-0.15, -0.1) is 0 Å². The smallest absolute Gasteiger partial charge is 0.293 e. The van der Waals surface area contributed by atoms with Gasteiger partial charge in [-0.3, -0.25) is 4.79 Å². The Morgan fingerprint density at radius 2 is 2.24 bits per heavy atom. The number of hydrogen-bond acceptors (Lipinski definition) is 4. The minimum Gasteiger partial charge on any atom is -0.398 e. The minimum atomic E-state index is -0.00768. The van der Waals surface area contributed by atoms with Crippen LogP contribution in [0.5, 0.6) is 0 Å². The van der Waals surface area contributed by atoms with Crippen LogP contribution in [-0.2, 0) is 19.5 Å². The third kappa shape index (κ3) is 2.51. The largest absolute Gasteiger partial charge is 0.398 e.